The van der Waals surface area contributed by atoms with E-state index in [1.54, 1.807) is 24.3 Å². The fraction of sp³-hybridized carbons (Fsp3) is 0.250. The van der Waals surface area contributed by atoms with Gasteiger partial charge in [-0.15, -0.1) is 0 Å². The third kappa shape index (κ3) is 2.44. The summed E-state index contributed by atoms with van der Waals surface area (Å²) < 4.78 is 27.6. The largest absolute Gasteiger partial charge is 0.394 e. The van der Waals surface area contributed by atoms with Crippen molar-refractivity contribution in [2.24, 2.45) is 0 Å². The lowest BCUT2D eigenvalue weighted by atomic mass is 10.1. The molecule has 0 radical (unpaired) electrons. The lowest BCUT2D eigenvalue weighted by Gasteiger charge is -2.26. The number of nitro groups is 1. The summed E-state index contributed by atoms with van der Waals surface area (Å²) in [6.45, 7) is 1.16. The molecule has 0 amide bonds. The molecule has 0 spiro atoms. The van der Waals surface area contributed by atoms with Gasteiger partial charge in [0.05, 0.1) is 23.3 Å². The van der Waals surface area contributed by atoms with Crippen molar-refractivity contribution in [2.75, 3.05) is 10.9 Å². The molecular formula is C16H16N2O5S. The standard InChI is InChI=1S/C16H16N2O5S/c1-11-5-4-8-15(18(20)21)16(11)24(22,23)17-13(10-19)9-12-6-2-3-7-14(12)17/h2-8,13,19H,9-10H2,1H3. The van der Waals surface area contributed by atoms with Crippen LogP contribution in [0.15, 0.2) is 47.4 Å². The van der Waals surface area contributed by atoms with E-state index in [0.717, 1.165) is 9.87 Å². The number of aliphatic hydroxyl groups is 1. The lowest BCUT2D eigenvalue weighted by Crippen LogP contribution is -2.40. The average Bonchev–Trinajstić information content (AvgIpc) is 2.93. The maximum Gasteiger partial charge on any atom is 0.290 e. The van der Waals surface area contributed by atoms with Crippen molar-refractivity contribution >= 4 is 21.4 Å². The van der Waals surface area contributed by atoms with Crippen LogP contribution in [-0.4, -0.2) is 31.1 Å². The molecule has 8 heteroatoms. The van der Waals surface area contributed by atoms with E-state index in [1.807, 2.05) is 0 Å². The van der Waals surface area contributed by atoms with Crippen LogP contribution in [0.4, 0.5) is 11.4 Å². The first-order valence-corrected chi connectivity index (χ1v) is 8.79. The fourth-order valence-corrected chi connectivity index (χ4v) is 5.16. The highest BCUT2D eigenvalue weighted by molar-refractivity contribution is 7.93. The molecule has 1 N–H and O–H groups in total. The van der Waals surface area contributed by atoms with Crippen LogP contribution >= 0.6 is 0 Å². The minimum Gasteiger partial charge on any atom is -0.394 e. The molecular weight excluding hydrogens is 332 g/mol. The van der Waals surface area contributed by atoms with Gasteiger partial charge in [-0.25, -0.2) is 8.42 Å². The quantitative estimate of drug-likeness (QED) is 0.673. The summed E-state index contributed by atoms with van der Waals surface area (Å²) in [4.78, 5) is 10.3. The van der Waals surface area contributed by atoms with Crippen LogP contribution in [0.1, 0.15) is 11.1 Å². The summed E-state index contributed by atoms with van der Waals surface area (Å²) in [5, 5.41) is 20.9. The first kappa shape index (κ1) is 16.4. The smallest absolute Gasteiger partial charge is 0.290 e. The van der Waals surface area contributed by atoms with Gasteiger partial charge in [0.15, 0.2) is 4.90 Å². The lowest BCUT2D eigenvalue weighted by molar-refractivity contribution is -0.387. The van der Waals surface area contributed by atoms with Gasteiger partial charge in [-0.2, -0.15) is 0 Å². The molecule has 0 aromatic heterocycles. The molecule has 0 aliphatic carbocycles. The van der Waals surface area contributed by atoms with E-state index in [2.05, 4.69) is 0 Å². The molecule has 1 heterocycles. The summed E-state index contributed by atoms with van der Waals surface area (Å²) in [5.41, 5.74) is 1.08. The number of benzene rings is 2. The predicted octanol–water partition coefficient (Wildman–Crippen LogP) is 2.02. The number of hydrogen-bond acceptors (Lipinski definition) is 5. The van der Waals surface area contributed by atoms with Gasteiger partial charge < -0.3 is 5.11 Å². The molecule has 2 aromatic carbocycles. The van der Waals surface area contributed by atoms with Crippen LogP contribution in [0.2, 0.25) is 0 Å². The fourth-order valence-electron chi connectivity index (χ4n) is 3.11. The van der Waals surface area contributed by atoms with Crippen LogP contribution in [0.25, 0.3) is 0 Å². The molecule has 24 heavy (non-hydrogen) atoms. The Morgan fingerprint density at radius 3 is 2.62 bits per heavy atom. The Bertz CT molecular complexity index is 910. The van der Waals surface area contributed by atoms with Gasteiger partial charge >= 0.3 is 0 Å². The summed E-state index contributed by atoms with van der Waals surface area (Å²) in [5.74, 6) is 0. The van der Waals surface area contributed by atoms with Gasteiger partial charge in [0.2, 0.25) is 0 Å². The minimum atomic E-state index is -4.19. The zero-order chi connectivity index (χ0) is 17.5. The van der Waals surface area contributed by atoms with E-state index in [0.29, 0.717) is 17.7 Å². The number of aryl methyl sites for hydroxylation is 1. The van der Waals surface area contributed by atoms with Crippen molar-refractivity contribution < 1.29 is 18.4 Å². The maximum atomic E-state index is 13.2. The van der Waals surface area contributed by atoms with E-state index < -0.39 is 26.7 Å². The topological polar surface area (TPSA) is 101 Å². The Kier molecular flexibility index (Phi) is 4.02. The van der Waals surface area contributed by atoms with Crippen LogP contribution in [0.5, 0.6) is 0 Å². The molecule has 2 aromatic rings. The number of rotatable bonds is 4. The van der Waals surface area contributed by atoms with Crippen LogP contribution in [0, 0.1) is 17.0 Å². The summed E-state index contributed by atoms with van der Waals surface area (Å²) >= 11 is 0. The first-order valence-electron chi connectivity index (χ1n) is 7.35. The van der Waals surface area contributed by atoms with Crippen molar-refractivity contribution in [3.8, 4) is 0 Å². The molecule has 126 valence electrons. The normalized spacial score (nSPS) is 16.9. The van der Waals surface area contributed by atoms with Crippen molar-refractivity contribution in [3.63, 3.8) is 0 Å². The molecule has 1 atom stereocenters. The second-order valence-corrected chi connectivity index (χ2v) is 7.40. The zero-order valence-corrected chi connectivity index (χ0v) is 13.7. The number of fused-ring (bicyclic) bond motifs is 1. The third-order valence-electron chi connectivity index (χ3n) is 4.13. The van der Waals surface area contributed by atoms with E-state index in [-0.39, 0.29) is 11.5 Å². The Morgan fingerprint density at radius 1 is 1.25 bits per heavy atom. The van der Waals surface area contributed by atoms with Gasteiger partial charge in [0, 0.05) is 6.07 Å². The molecule has 0 fully saturated rings. The summed E-state index contributed by atoms with van der Waals surface area (Å²) in [6, 6.07) is 10.4. The highest BCUT2D eigenvalue weighted by Gasteiger charge is 2.41. The summed E-state index contributed by atoms with van der Waals surface area (Å²) in [6.07, 6.45) is 0.367. The average molecular weight is 348 g/mol. The number of sulfonamides is 1. The highest BCUT2D eigenvalue weighted by Crippen LogP contribution is 2.39. The number of hydrogen-bond donors (Lipinski definition) is 1. The molecule has 0 saturated heterocycles. The van der Waals surface area contributed by atoms with E-state index >= 15 is 0 Å². The third-order valence-corrected chi connectivity index (χ3v) is 6.19. The molecule has 1 unspecified atom stereocenters. The van der Waals surface area contributed by atoms with Crippen LogP contribution in [0.3, 0.4) is 0 Å². The van der Waals surface area contributed by atoms with Crippen molar-refractivity contribution in [3.05, 3.63) is 63.7 Å². The molecule has 3 rings (SSSR count). The molecule has 1 aliphatic heterocycles. The Morgan fingerprint density at radius 2 is 1.96 bits per heavy atom. The van der Waals surface area contributed by atoms with Crippen LogP contribution < -0.4 is 4.31 Å². The number of nitrogens with zero attached hydrogens (tertiary/aromatic N) is 2. The Labute approximate surface area is 139 Å². The molecule has 0 bridgehead atoms. The molecule has 1 aliphatic rings. The van der Waals surface area contributed by atoms with Crippen LogP contribution in [-0.2, 0) is 16.4 Å². The van der Waals surface area contributed by atoms with Crippen molar-refractivity contribution in [1.29, 1.82) is 0 Å². The summed E-state index contributed by atoms with van der Waals surface area (Å²) in [7, 11) is -4.19. The Balaban J connectivity index is 2.24. The minimum absolute atomic E-state index is 0.297. The highest BCUT2D eigenvalue weighted by atomic mass is 32.2. The van der Waals surface area contributed by atoms with Gasteiger partial charge in [-0.1, -0.05) is 30.3 Å². The maximum absolute atomic E-state index is 13.2. The second-order valence-electron chi connectivity index (χ2n) is 5.65. The van der Waals surface area contributed by atoms with Crippen molar-refractivity contribution in [2.45, 2.75) is 24.3 Å². The van der Waals surface area contributed by atoms with E-state index in [4.69, 9.17) is 0 Å². The SMILES string of the molecule is Cc1cccc([N+](=O)[O-])c1S(=O)(=O)N1c2ccccc2CC1CO. The van der Waals surface area contributed by atoms with E-state index in [9.17, 15) is 23.6 Å². The number of nitro benzene ring substituents is 1. The van der Waals surface area contributed by atoms with Gasteiger partial charge in [0.1, 0.15) is 0 Å². The molecule has 7 nitrogen and oxygen atoms in total. The number of anilines is 1. The van der Waals surface area contributed by atoms with Gasteiger partial charge in [0.25, 0.3) is 15.7 Å². The van der Waals surface area contributed by atoms with Crippen molar-refractivity contribution in [1.82, 2.24) is 0 Å². The second kappa shape index (κ2) is 5.88. The van der Waals surface area contributed by atoms with Gasteiger partial charge in [-0.3, -0.25) is 14.4 Å². The zero-order valence-electron chi connectivity index (χ0n) is 12.9. The monoisotopic (exact) mass is 348 g/mol. The number of para-hydroxylation sites is 1. The Hall–Kier alpha value is -2.45. The number of aliphatic hydroxyl groups excluding tert-OH is 1. The molecule has 0 saturated carbocycles. The van der Waals surface area contributed by atoms with Gasteiger partial charge in [-0.05, 0) is 30.5 Å². The van der Waals surface area contributed by atoms with E-state index in [1.165, 1.54) is 25.1 Å². The predicted molar refractivity (Wildman–Crippen MR) is 88.5 cm³/mol. The first-order chi connectivity index (χ1) is 11.4.